The van der Waals surface area contributed by atoms with Crippen LogP contribution in [0.1, 0.15) is 31.7 Å². The van der Waals surface area contributed by atoms with E-state index in [2.05, 4.69) is 33.2 Å². The van der Waals surface area contributed by atoms with Crippen molar-refractivity contribution in [2.24, 2.45) is 5.41 Å². The van der Waals surface area contributed by atoms with Crippen LogP contribution < -0.4 is 4.72 Å². The topological polar surface area (TPSA) is 95.4 Å². The van der Waals surface area contributed by atoms with Crippen molar-refractivity contribution in [3.05, 3.63) is 60.0 Å². The lowest BCUT2D eigenvalue weighted by atomic mass is 9.72. The first kappa shape index (κ1) is 23.0. The number of aliphatic hydroxyl groups excluding tert-OH is 1. The Balaban J connectivity index is 1.59. The predicted molar refractivity (Wildman–Crippen MR) is 118 cm³/mol. The summed E-state index contributed by atoms with van der Waals surface area (Å²) in [6.07, 6.45) is 10.6. The van der Waals surface area contributed by atoms with Gasteiger partial charge in [0, 0.05) is 41.6 Å². The van der Waals surface area contributed by atoms with Crippen molar-refractivity contribution in [3.63, 3.8) is 0 Å². The molecule has 0 spiro atoms. The Morgan fingerprint density at radius 2 is 2.12 bits per heavy atom. The number of aliphatic hydroxyl groups is 1. The van der Waals surface area contributed by atoms with Crippen molar-refractivity contribution in [2.45, 2.75) is 49.8 Å². The minimum absolute atomic E-state index is 0.0357. The second-order valence-electron chi connectivity index (χ2n) is 8.39. The molecule has 2 aromatic rings. The maximum absolute atomic E-state index is 15.0. The Morgan fingerprint density at radius 3 is 2.81 bits per heavy atom. The van der Waals surface area contributed by atoms with Crippen LogP contribution in [0.3, 0.4) is 0 Å². The lowest BCUT2D eigenvalue weighted by Crippen LogP contribution is -2.51. The summed E-state index contributed by atoms with van der Waals surface area (Å²) in [7, 11) is -4.35. The van der Waals surface area contributed by atoms with E-state index in [0.717, 1.165) is 30.3 Å². The van der Waals surface area contributed by atoms with Crippen molar-refractivity contribution in [1.82, 2.24) is 14.3 Å². The van der Waals surface area contributed by atoms with Gasteiger partial charge in [-0.05, 0) is 31.4 Å². The summed E-state index contributed by atoms with van der Waals surface area (Å²) in [5, 5.41) is 10.2. The fourth-order valence-corrected chi connectivity index (χ4v) is 6.10. The van der Waals surface area contributed by atoms with Gasteiger partial charge in [-0.1, -0.05) is 31.2 Å². The van der Waals surface area contributed by atoms with Gasteiger partial charge in [0.25, 0.3) is 10.0 Å². The van der Waals surface area contributed by atoms with Crippen molar-refractivity contribution in [1.29, 1.82) is 0 Å². The van der Waals surface area contributed by atoms with Gasteiger partial charge in [-0.2, -0.15) is 4.37 Å². The highest BCUT2D eigenvalue weighted by atomic mass is 32.2. The Hall–Kier alpha value is -2.21. The number of piperidine rings is 1. The van der Waals surface area contributed by atoms with Gasteiger partial charge in [0.05, 0.1) is 6.10 Å². The normalized spacial score (nSPS) is 26.4. The van der Waals surface area contributed by atoms with E-state index in [4.69, 9.17) is 0 Å². The molecule has 4 rings (SSSR count). The highest BCUT2D eigenvalue weighted by Crippen LogP contribution is 2.39. The zero-order valence-electron chi connectivity index (χ0n) is 17.4. The lowest BCUT2D eigenvalue weighted by molar-refractivity contribution is -0.00478. The monoisotopic (exact) mass is 482 g/mol. The number of rotatable bonds is 6. The fraction of sp³-hybridized carbons (Fsp3) is 0.429. The molecule has 1 unspecified atom stereocenters. The highest BCUT2D eigenvalue weighted by molar-refractivity contribution is 7.93. The van der Waals surface area contributed by atoms with E-state index in [-0.39, 0.29) is 28.7 Å². The van der Waals surface area contributed by atoms with Gasteiger partial charge in [-0.25, -0.2) is 22.2 Å². The number of hydrogen-bond acceptors (Lipinski definition) is 7. The second kappa shape index (κ2) is 8.97. The van der Waals surface area contributed by atoms with E-state index in [1.54, 1.807) is 0 Å². The molecule has 1 aromatic heterocycles. The van der Waals surface area contributed by atoms with Gasteiger partial charge in [0.2, 0.25) is 5.13 Å². The summed E-state index contributed by atoms with van der Waals surface area (Å²) in [6, 6.07) is 1.56. The quantitative estimate of drug-likeness (QED) is 0.655. The number of hydrogen-bond donors (Lipinski definition) is 2. The summed E-state index contributed by atoms with van der Waals surface area (Å²) in [6.45, 7) is 2.73. The molecule has 1 saturated heterocycles. The summed E-state index contributed by atoms with van der Waals surface area (Å²) in [5.41, 5.74) is -0.183. The van der Waals surface area contributed by atoms with Gasteiger partial charge < -0.3 is 5.11 Å². The zero-order chi connectivity index (χ0) is 22.9. The number of allylic oxidation sites excluding steroid dienone is 3. The molecule has 2 heterocycles. The van der Waals surface area contributed by atoms with E-state index in [1.165, 1.54) is 0 Å². The number of nitrogens with one attached hydrogen (secondary N) is 1. The third-order valence-corrected chi connectivity index (χ3v) is 8.14. The smallest absolute Gasteiger partial charge is 0.266 e. The molecule has 1 aliphatic carbocycles. The van der Waals surface area contributed by atoms with Gasteiger partial charge in [0.1, 0.15) is 22.9 Å². The van der Waals surface area contributed by atoms with Crippen LogP contribution in [0.5, 0.6) is 0 Å². The molecule has 0 radical (unpaired) electrons. The first-order valence-electron chi connectivity index (χ1n) is 10.2. The molecule has 32 heavy (non-hydrogen) atoms. The van der Waals surface area contributed by atoms with Crippen LogP contribution in [0.2, 0.25) is 0 Å². The number of likely N-dealkylation sites (tertiary alicyclic amines) is 1. The second-order valence-corrected chi connectivity index (χ2v) is 10.8. The van der Waals surface area contributed by atoms with E-state index in [1.807, 2.05) is 17.1 Å². The van der Waals surface area contributed by atoms with Crippen molar-refractivity contribution >= 4 is 26.7 Å². The SMILES string of the molecule is CC1([C@H]2C[C@@H](O)CCN2Cc2cc(F)c(S(=O)(=O)Nc3ncns3)cc2F)C=CC=CC1. The molecule has 2 aliphatic rings. The fourth-order valence-electron chi connectivity index (χ4n) is 4.37. The van der Waals surface area contributed by atoms with Crippen LogP contribution in [-0.2, 0) is 16.6 Å². The third kappa shape index (κ3) is 4.75. The first-order chi connectivity index (χ1) is 15.2. The number of anilines is 1. The first-order valence-corrected chi connectivity index (χ1v) is 12.5. The van der Waals surface area contributed by atoms with Crippen LogP contribution in [-0.4, -0.2) is 46.5 Å². The van der Waals surface area contributed by atoms with Crippen LogP contribution in [0.25, 0.3) is 0 Å². The van der Waals surface area contributed by atoms with Gasteiger partial charge in [-0.3, -0.25) is 9.62 Å². The van der Waals surface area contributed by atoms with E-state index < -0.39 is 32.7 Å². The summed E-state index contributed by atoms with van der Waals surface area (Å²) in [4.78, 5) is 4.96. The molecule has 1 aliphatic heterocycles. The average molecular weight is 483 g/mol. The summed E-state index contributed by atoms with van der Waals surface area (Å²) in [5.74, 6) is -1.85. The molecule has 0 bridgehead atoms. The van der Waals surface area contributed by atoms with Crippen molar-refractivity contribution in [3.8, 4) is 0 Å². The zero-order valence-corrected chi connectivity index (χ0v) is 19.0. The van der Waals surface area contributed by atoms with E-state index >= 15 is 0 Å². The van der Waals surface area contributed by atoms with Gasteiger partial charge >= 0.3 is 0 Å². The van der Waals surface area contributed by atoms with Gasteiger partial charge in [0.15, 0.2) is 0 Å². The van der Waals surface area contributed by atoms with Crippen LogP contribution in [0, 0.1) is 17.0 Å². The number of benzene rings is 1. The van der Waals surface area contributed by atoms with Crippen LogP contribution in [0.4, 0.5) is 13.9 Å². The van der Waals surface area contributed by atoms with Crippen molar-refractivity contribution < 1.29 is 22.3 Å². The maximum atomic E-state index is 15.0. The maximum Gasteiger partial charge on any atom is 0.266 e. The largest absolute Gasteiger partial charge is 0.393 e. The average Bonchev–Trinajstić information content (AvgIpc) is 3.24. The van der Waals surface area contributed by atoms with Gasteiger partial charge in [-0.15, -0.1) is 0 Å². The Bertz CT molecular complexity index is 1140. The third-order valence-electron chi connectivity index (χ3n) is 6.08. The molecular weight excluding hydrogens is 458 g/mol. The molecule has 0 saturated carbocycles. The minimum Gasteiger partial charge on any atom is -0.393 e. The molecule has 7 nitrogen and oxygen atoms in total. The van der Waals surface area contributed by atoms with Crippen LogP contribution in [0.15, 0.2) is 47.7 Å². The number of sulfonamides is 1. The molecule has 172 valence electrons. The summed E-state index contributed by atoms with van der Waals surface area (Å²) >= 11 is 0.789. The molecule has 1 aromatic carbocycles. The van der Waals surface area contributed by atoms with Crippen molar-refractivity contribution in [2.75, 3.05) is 11.3 Å². The number of halogens is 2. The molecule has 11 heteroatoms. The molecular formula is C21H24F2N4O3S2. The van der Waals surface area contributed by atoms with E-state index in [9.17, 15) is 22.3 Å². The molecule has 0 amide bonds. The van der Waals surface area contributed by atoms with Crippen LogP contribution >= 0.6 is 11.5 Å². The highest BCUT2D eigenvalue weighted by Gasteiger charge is 2.40. The Labute approximate surface area is 189 Å². The molecule has 1 fully saturated rings. The minimum atomic E-state index is -4.35. The lowest BCUT2D eigenvalue weighted by Gasteiger charge is -2.47. The number of aromatic nitrogens is 2. The number of nitrogens with zero attached hydrogens (tertiary/aromatic N) is 3. The standard InChI is InChI=1S/C21H24F2N4O3S2/c1-21(6-3-2-4-7-21)19-10-15(28)5-8-27(19)12-14-9-17(23)18(11-16(14)22)32(29,30)26-20-24-13-25-31-20/h2-4,6,9,11,13,15,19,28H,5,7-8,10,12H2,1H3,(H,24,25,26)/t15-,19+,21?/m0/s1. The predicted octanol–water partition coefficient (Wildman–Crippen LogP) is 3.46. The molecule has 3 atom stereocenters. The van der Waals surface area contributed by atoms with E-state index in [0.29, 0.717) is 25.5 Å². The summed E-state index contributed by atoms with van der Waals surface area (Å²) < 4.78 is 60.5. The Kier molecular flexibility index (Phi) is 6.44. The molecule has 2 N–H and O–H groups in total. The Morgan fingerprint density at radius 1 is 1.31 bits per heavy atom.